The summed E-state index contributed by atoms with van der Waals surface area (Å²) < 4.78 is 86.9. The van der Waals surface area contributed by atoms with Crippen molar-refractivity contribution in [1.82, 2.24) is 4.98 Å². The van der Waals surface area contributed by atoms with Crippen LogP contribution < -0.4 is 15.2 Å². The number of anilines is 1. The predicted molar refractivity (Wildman–Crippen MR) is 107 cm³/mol. The Morgan fingerprint density at radius 1 is 1.03 bits per heavy atom. The Balaban J connectivity index is 2.05. The van der Waals surface area contributed by atoms with Gasteiger partial charge in [-0.05, 0) is 42.3 Å². The van der Waals surface area contributed by atoms with Gasteiger partial charge in [-0.1, -0.05) is 12.1 Å². The van der Waals surface area contributed by atoms with Crippen LogP contribution in [0.1, 0.15) is 29.5 Å². The molecule has 1 aliphatic heterocycles. The number of benzene rings is 2. The highest BCUT2D eigenvalue weighted by Crippen LogP contribution is 2.50. The number of ether oxygens (including phenoxy) is 1. The zero-order chi connectivity index (χ0) is 23.4. The molecule has 4 nitrogen and oxygen atoms in total. The summed E-state index contributed by atoms with van der Waals surface area (Å²) in [6.07, 6.45) is -9.43. The lowest BCUT2D eigenvalue weighted by atomic mass is 9.85. The van der Waals surface area contributed by atoms with Crippen molar-refractivity contribution in [1.29, 1.82) is 0 Å². The van der Waals surface area contributed by atoms with Gasteiger partial charge in [0.1, 0.15) is 12.3 Å². The monoisotopic (exact) mass is 456 g/mol. The third-order valence-electron chi connectivity index (χ3n) is 5.75. The van der Waals surface area contributed by atoms with Gasteiger partial charge in [-0.3, -0.25) is 4.79 Å². The molecule has 32 heavy (non-hydrogen) atoms. The van der Waals surface area contributed by atoms with E-state index in [2.05, 4.69) is 4.98 Å². The number of pyridine rings is 1. The summed E-state index contributed by atoms with van der Waals surface area (Å²) >= 11 is 0. The van der Waals surface area contributed by atoms with Crippen LogP contribution in [-0.4, -0.2) is 30.9 Å². The van der Waals surface area contributed by atoms with Crippen molar-refractivity contribution in [3.05, 3.63) is 69.5 Å². The summed E-state index contributed by atoms with van der Waals surface area (Å²) in [6, 6.07) is 8.66. The second-order valence-electron chi connectivity index (χ2n) is 7.70. The summed E-state index contributed by atoms with van der Waals surface area (Å²) in [5, 5.41) is -0.299. The minimum absolute atomic E-state index is 0.0562. The molecule has 0 radical (unpaired) electrons. The lowest BCUT2D eigenvalue weighted by Gasteiger charge is -2.28. The van der Waals surface area contributed by atoms with Gasteiger partial charge < -0.3 is 14.6 Å². The number of H-pyrrole nitrogens is 1. The molecule has 0 saturated carbocycles. The first kappa shape index (κ1) is 22.0. The molecular weight excluding hydrogens is 438 g/mol. The van der Waals surface area contributed by atoms with Crippen LogP contribution in [0.4, 0.5) is 32.0 Å². The minimum Gasteiger partial charge on any atom is -0.497 e. The number of aromatic amines is 1. The number of hydrogen-bond acceptors (Lipinski definition) is 3. The van der Waals surface area contributed by atoms with Crippen LogP contribution in [0.5, 0.6) is 5.75 Å². The van der Waals surface area contributed by atoms with E-state index < -0.39 is 42.0 Å². The Morgan fingerprint density at radius 2 is 1.69 bits per heavy atom. The molecule has 0 saturated heterocycles. The molecule has 10 heteroatoms. The van der Waals surface area contributed by atoms with E-state index in [1.807, 2.05) is 0 Å². The first-order valence-electron chi connectivity index (χ1n) is 9.65. The van der Waals surface area contributed by atoms with Crippen LogP contribution >= 0.6 is 0 Å². The number of methoxy groups -OCH3 is 1. The molecule has 170 valence electrons. The summed E-state index contributed by atoms with van der Waals surface area (Å²) in [4.78, 5) is 15.3. The molecule has 1 aromatic heterocycles. The van der Waals surface area contributed by atoms with E-state index >= 15 is 0 Å². The van der Waals surface area contributed by atoms with Crippen LogP contribution in [0, 0.1) is 0 Å². The zero-order valence-corrected chi connectivity index (χ0v) is 16.9. The van der Waals surface area contributed by atoms with E-state index in [0.717, 1.165) is 4.90 Å². The average molecular weight is 456 g/mol. The van der Waals surface area contributed by atoms with E-state index in [1.54, 1.807) is 31.2 Å². The highest BCUT2D eigenvalue weighted by atomic mass is 19.4. The second-order valence-corrected chi connectivity index (χ2v) is 7.70. The number of halogens is 6. The number of fused-ring (bicyclic) bond motifs is 3. The SMILES string of the molecule is COc1ccc(C2c3c(ccc4[nH]c(=O)cc(C(F)(F)F)c34)N(CC(F)(F)F)C2C)cc1. The first-order valence-corrected chi connectivity index (χ1v) is 9.65. The Labute approximate surface area is 178 Å². The van der Waals surface area contributed by atoms with Gasteiger partial charge in [0.15, 0.2) is 0 Å². The highest BCUT2D eigenvalue weighted by Gasteiger charge is 2.45. The molecule has 0 fully saturated rings. The number of alkyl halides is 6. The number of hydrogen-bond donors (Lipinski definition) is 1. The van der Waals surface area contributed by atoms with Crippen molar-refractivity contribution in [2.45, 2.75) is 31.2 Å². The van der Waals surface area contributed by atoms with E-state index in [9.17, 15) is 31.1 Å². The molecule has 2 heterocycles. The van der Waals surface area contributed by atoms with E-state index in [1.165, 1.54) is 19.2 Å². The topological polar surface area (TPSA) is 45.3 Å². The predicted octanol–water partition coefficient (Wildman–Crippen LogP) is 5.46. The van der Waals surface area contributed by atoms with Gasteiger partial charge in [0.2, 0.25) is 5.56 Å². The Kier molecular flexibility index (Phi) is 5.14. The highest BCUT2D eigenvalue weighted by molar-refractivity contribution is 5.93. The number of aromatic nitrogens is 1. The van der Waals surface area contributed by atoms with Gasteiger partial charge in [0.05, 0.1) is 12.7 Å². The van der Waals surface area contributed by atoms with Crippen molar-refractivity contribution in [2.75, 3.05) is 18.6 Å². The van der Waals surface area contributed by atoms with E-state index in [0.29, 0.717) is 17.4 Å². The third kappa shape index (κ3) is 3.78. The molecular formula is C22H18F6N2O2. The lowest BCUT2D eigenvalue weighted by Crippen LogP contribution is -2.39. The second kappa shape index (κ2) is 7.46. The molecule has 0 aliphatic carbocycles. The van der Waals surface area contributed by atoms with Crippen LogP contribution in [0.15, 0.2) is 47.3 Å². The molecule has 0 spiro atoms. The van der Waals surface area contributed by atoms with E-state index in [4.69, 9.17) is 4.74 Å². The fourth-order valence-electron chi connectivity index (χ4n) is 4.48. The number of rotatable bonds is 3. The Morgan fingerprint density at radius 3 is 2.25 bits per heavy atom. The maximum atomic E-state index is 13.9. The molecule has 0 amide bonds. The summed E-state index contributed by atoms with van der Waals surface area (Å²) in [5.41, 5.74) is -1.50. The summed E-state index contributed by atoms with van der Waals surface area (Å²) in [5.74, 6) is -0.293. The Bertz CT molecular complexity index is 1210. The van der Waals surface area contributed by atoms with E-state index in [-0.39, 0.29) is 22.2 Å². The fraction of sp³-hybridized carbons (Fsp3) is 0.318. The molecule has 2 atom stereocenters. The lowest BCUT2D eigenvalue weighted by molar-refractivity contribution is -0.136. The minimum atomic E-state index is -4.87. The van der Waals surface area contributed by atoms with Gasteiger partial charge in [0.25, 0.3) is 0 Å². The average Bonchev–Trinajstić information content (AvgIpc) is 2.97. The first-order chi connectivity index (χ1) is 14.9. The van der Waals surface area contributed by atoms with Gasteiger partial charge in [-0.2, -0.15) is 26.3 Å². The quantitative estimate of drug-likeness (QED) is 0.533. The molecule has 4 rings (SSSR count). The Hall–Kier alpha value is -3.17. The van der Waals surface area contributed by atoms with Gasteiger partial charge in [-0.25, -0.2) is 0 Å². The fourth-order valence-corrected chi connectivity index (χ4v) is 4.48. The van der Waals surface area contributed by atoms with Crippen molar-refractivity contribution in [2.24, 2.45) is 0 Å². The standard InChI is InChI=1S/C22H18F6N2O2/c1-11-18(12-3-5-13(32-2)6-4-12)20-16(30(11)10-21(23,24)25)8-7-15-19(20)14(22(26,27)28)9-17(31)29-15/h3-9,11,18H,10H2,1-2H3,(H,29,31). The van der Waals surface area contributed by atoms with Crippen LogP contribution in [0.2, 0.25) is 0 Å². The normalized spacial score (nSPS) is 18.8. The summed E-state index contributed by atoms with van der Waals surface area (Å²) in [6.45, 7) is 0.232. The molecule has 3 aromatic rings. The van der Waals surface area contributed by atoms with Crippen molar-refractivity contribution >= 4 is 16.6 Å². The maximum absolute atomic E-state index is 13.9. The summed E-state index contributed by atoms with van der Waals surface area (Å²) in [7, 11) is 1.45. The molecule has 1 N–H and O–H groups in total. The van der Waals surface area contributed by atoms with Gasteiger partial charge in [0, 0.05) is 34.6 Å². The zero-order valence-electron chi connectivity index (χ0n) is 16.9. The number of nitrogens with one attached hydrogen (secondary N) is 1. The maximum Gasteiger partial charge on any atom is 0.417 e. The van der Waals surface area contributed by atoms with Crippen LogP contribution in [0.25, 0.3) is 10.9 Å². The molecule has 2 aromatic carbocycles. The smallest absolute Gasteiger partial charge is 0.417 e. The van der Waals surface area contributed by atoms with Crippen LogP contribution in [0.3, 0.4) is 0 Å². The van der Waals surface area contributed by atoms with Gasteiger partial charge in [-0.15, -0.1) is 0 Å². The van der Waals surface area contributed by atoms with Crippen molar-refractivity contribution in [3.63, 3.8) is 0 Å². The molecule has 0 bridgehead atoms. The molecule has 1 aliphatic rings. The third-order valence-corrected chi connectivity index (χ3v) is 5.75. The molecule has 2 unspecified atom stereocenters. The van der Waals surface area contributed by atoms with Crippen LogP contribution in [-0.2, 0) is 6.18 Å². The number of nitrogens with zero attached hydrogens (tertiary/aromatic N) is 1. The van der Waals surface area contributed by atoms with Gasteiger partial charge >= 0.3 is 12.4 Å². The van der Waals surface area contributed by atoms with Crippen molar-refractivity contribution in [3.8, 4) is 5.75 Å². The van der Waals surface area contributed by atoms with Crippen molar-refractivity contribution < 1.29 is 31.1 Å². The largest absolute Gasteiger partial charge is 0.497 e.